The largest absolute Gasteiger partial charge is 0.450 e. The van der Waals surface area contributed by atoms with Crippen LogP contribution in [0, 0.1) is 0 Å². The van der Waals surface area contributed by atoms with Gasteiger partial charge in [-0.25, -0.2) is 0 Å². The molecular formula is C11H23O5P. The molecule has 0 aliphatic heterocycles. The van der Waals surface area contributed by atoms with Gasteiger partial charge in [-0.05, 0) is 34.1 Å². The Morgan fingerprint density at radius 1 is 1.12 bits per heavy atom. The zero-order chi connectivity index (χ0) is 13.6. The fraction of sp³-hybridized carbons (Fsp3) is 0.909. The van der Waals surface area contributed by atoms with Crippen LogP contribution in [0.2, 0.25) is 0 Å². The lowest BCUT2D eigenvalue weighted by atomic mass is 10.5. The maximum atomic E-state index is 12.6. The van der Waals surface area contributed by atoms with Crippen LogP contribution in [-0.4, -0.2) is 24.0 Å². The molecule has 5 nitrogen and oxygen atoms in total. The van der Waals surface area contributed by atoms with Crippen molar-refractivity contribution in [2.75, 3.05) is 0 Å². The van der Waals surface area contributed by atoms with Crippen molar-refractivity contribution < 1.29 is 23.1 Å². The standard InChI is InChI=1S/C11H23O5P/c1-7-11(14-10(6)12)17(13,15-8(2)3)16-9(4)5/h8-9,11H,7H2,1-6H3/t11-/m1/s1. The van der Waals surface area contributed by atoms with Crippen LogP contribution in [0.25, 0.3) is 0 Å². The molecule has 0 rings (SSSR count). The topological polar surface area (TPSA) is 61.8 Å². The van der Waals surface area contributed by atoms with E-state index in [0.29, 0.717) is 6.42 Å². The second-order valence-electron chi connectivity index (χ2n) is 4.32. The van der Waals surface area contributed by atoms with E-state index in [2.05, 4.69) is 0 Å². The molecule has 1 atom stereocenters. The van der Waals surface area contributed by atoms with Gasteiger partial charge in [0.2, 0.25) is 5.85 Å². The first-order valence-corrected chi connectivity index (χ1v) is 7.46. The molecule has 0 unspecified atom stereocenters. The molecule has 0 heterocycles. The van der Waals surface area contributed by atoms with Gasteiger partial charge in [-0.15, -0.1) is 0 Å². The third kappa shape index (κ3) is 6.20. The summed E-state index contributed by atoms with van der Waals surface area (Å²) in [5, 5.41) is 0. The van der Waals surface area contributed by atoms with Crippen LogP contribution >= 0.6 is 7.60 Å². The molecule has 0 radical (unpaired) electrons. The van der Waals surface area contributed by atoms with E-state index in [9.17, 15) is 9.36 Å². The van der Waals surface area contributed by atoms with E-state index in [1.807, 2.05) is 0 Å². The minimum atomic E-state index is -3.44. The lowest BCUT2D eigenvalue weighted by Crippen LogP contribution is -2.22. The minimum absolute atomic E-state index is 0.260. The summed E-state index contributed by atoms with van der Waals surface area (Å²) in [6.07, 6.45) is -0.135. The van der Waals surface area contributed by atoms with Gasteiger partial charge in [-0.1, -0.05) is 6.92 Å². The van der Waals surface area contributed by atoms with Crippen molar-refractivity contribution >= 4 is 13.6 Å². The molecule has 0 aromatic rings. The number of esters is 1. The highest BCUT2D eigenvalue weighted by atomic mass is 31.2. The fourth-order valence-electron chi connectivity index (χ4n) is 1.31. The molecule has 0 amide bonds. The number of rotatable bonds is 7. The second kappa shape index (κ2) is 7.14. The molecule has 6 heteroatoms. The third-order valence-electron chi connectivity index (χ3n) is 1.72. The van der Waals surface area contributed by atoms with Crippen molar-refractivity contribution in [3.05, 3.63) is 0 Å². The summed E-state index contributed by atoms with van der Waals surface area (Å²) >= 11 is 0. The van der Waals surface area contributed by atoms with E-state index >= 15 is 0 Å². The lowest BCUT2D eigenvalue weighted by molar-refractivity contribution is -0.144. The Morgan fingerprint density at radius 2 is 1.53 bits per heavy atom. The van der Waals surface area contributed by atoms with Crippen molar-refractivity contribution in [3.63, 3.8) is 0 Å². The van der Waals surface area contributed by atoms with Gasteiger partial charge >= 0.3 is 13.6 Å². The SMILES string of the molecule is CC[C@H](OC(C)=O)P(=O)(OC(C)C)OC(C)C. The van der Waals surface area contributed by atoms with Crippen molar-refractivity contribution in [1.29, 1.82) is 0 Å². The Morgan fingerprint density at radius 3 is 1.76 bits per heavy atom. The highest BCUT2D eigenvalue weighted by molar-refractivity contribution is 7.54. The second-order valence-corrected chi connectivity index (χ2v) is 6.40. The quantitative estimate of drug-likeness (QED) is 0.522. The Labute approximate surface area is 103 Å². The van der Waals surface area contributed by atoms with E-state index in [1.54, 1.807) is 34.6 Å². The smallest absolute Gasteiger partial charge is 0.371 e. The van der Waals surface area contributed by atoms with Crippen LogP contribution in [0.1, 0.15) is 48.0 Å². The number of ether oxygens (including phenoxy) is 1. The summed E-state index contributed by atoms with van der Waals surface area (Å²) in [6, 6.07) is 0. The first kappa shape index (κ1) is 16.6. The van der Waals surface area contributed by atoms with E-state index in [4.69, 9.17) is 13.8 Å². The minimum Gasteiger partial charge on any atom is -0.450 e. The van der Waals surface area contributed by atoms with Crippen LogP contribution in [0.4, 0.5) is 0 Å². The van der Waals surface area contributed by atoms with Gasteiger partial charge in [0.15, 0.2) is 0 Å². The van der Waals surface area contributed by atoms with Gasteiger partial charge in [0.25, 0.3) is 0 Å². The molecule has 0 aliphatic carbocycles. The Kier molecular flexibility index (Phi) is 6.98. The molecule has 0 aromatic carbocycles. The van der Waals surface area contributed by atoms with Gasteiger partial charge in [0.1, 0.15) is 0 Å². The molecule has 0 spiro atoms. The summed E-state index contributed by atoms with van der Waals surface area (Å²) in [5.41, 5.74) is 0. The maximum absolute atomic E-state index is 12.6. The fourth-order valence-corrected chi connectivity index (χ4v) is 3.53. The molecule has 0 saturated heterocycles. The maximum Gasteiger partial charge on any atom is 0.371 e. The van der Waals surface area contributed by atoms with Crippen molar-refractivity contribution in [1.82, 2.24) is 0 Å². The van der Waals surface area contributed by atoms with E-state index < -0.39 is 19.4 Å². The predicted molar refractivity (Wildman–Crippen MR) is 65.9 cm³/mol. The number of hydrogen-bond acceptors (Lipinski definition) is 5. The van der Waals surface area contributed by atoms with E-state index in [1.165, 1.54) is 6.92 Å². The van der Waals surface area contributed by atoms with E-state index in [0.717, 1.165) is 0 Å². The average molecular weight is 266 g/mol. The molecule has 0 bridgehead atoms. The normalized spacial score (nSPS) is 14.1. The number of carbonyl (C=O) groups is 1. The van der Waals surface area contributed by atoms with E-state index in [-0.39, 0.29) is 12.2 Å². The number of carbonyl (C=O) groups excluding carboxylic acids is 1. The van der Waals surface area contributed by atoms with Crippen LogP contribution in [0.5, 0.6) is 0 Å². The summed E-state index contributed by atoms with van der Waals surface area (Å²) in [7, 11) is -3.44. The zero-order valence-corrected chi connectivity index (χ0v) is 12.3. The summed E-state index contributed by atoms with van der Waals surface area (Å²) in [5.74, 6) is -1.33. The lowest BCUT2D eigenvalue weighted by Gasteiger charge is -2.28. The highest BCUT2D eigenvalue weighted by Gasteiger charge is 2.39. The van der Waals surface area contributed by atoms with Gasteiger partial charge in [-0.2, -0.15) is 0 Å². The molecular weight excluding hydrogens is 243 g/mol. The van der Waals surface area contributed by atoms with Crippen LogP contribution < -0.4 is 0 Å². The van der Waals surface area contributed by atoms with Crippen molar-refractivity contribution in [2.45, 2.75) is 66.0 Å². The highest BCUT2D eigenvalue weighted by Crippen LogP contribution is 2.56. The zero-order valence-electron chi connectivity index (χ0n) is 11.4. The number of hydrogen-bond donors (Lipinski definition) is 0. The van der Waals surface area contributed by atoms with Gasteiger partial charge in [-0.3, -0.25) is 9.36 Å². The van der Waals surface area contributed by atoms with Crippen LogP contribution in [0.15, 0.2) is 0 Å². The summed E-state index contributed by atoms with van der Waals surface area (Å²) in [6.45, 7) is 10.1. The summed E-state index contributed by atoms with van der Waals surface area (Å²) in [4.78, 5) is 11.0. The predicted octanol–water partition coefficient (Wildman–Crippen LogP) is 3.33. The Bertz CT molecular complexity index is 274. The average Bonchev–Trinajstić information content (AvgIpc) is 2.10. The first-order valence-electron chi connectivity index (χ1n) is 5.85. The molecule has 0 saturated carbocycles. The van der Waals surface area contributed by atoms with Crippen LogP contribution in [-0.2, 0) is 23.1 Å². The summed E-state index contributed by atoms with van der Waals surface area (Å²) < 4.78 is 28.3. The molecule has 0 N–H and O–H groups in total. The Hall–Kier alpha value is -0.380. The van der Waals surface area contributed by atoms with Gasteiger partial charge < -0.3 is 13.8 Å². The first-order chi connectivity index (χ1) is 7.71. The van der Waals surface area contributed by atoms with Crippen molar-refractivity contribution in [2.24, 2.45) is 0 Å². The van der Waals surface area contributed by atoms with Crippen LogP contribution in [0.3, 0.4) is 0 Å². The van der Waals surface area contributed by atoms with Gasteiger partial charge in [0, 0.05) is 6.92 Å². The monoisotopic (exact) mass is 266 g/mol. The Balaban J connectivity index is 4.97. The van der Waals surface area contributed by atoms with Gasteiger partial charge in [0.05, 0.1) is 12.2 Å². The van der Waals surface area contributed by atoms with Crippen molar-refractivity contribution in [3.8, 4) is 0 Å². The molecule has 0 aliphatic rings. The molecule has 0 aromatic heterocycles. The molecule has 0 fully saturated rings. The molecule has 17 heavy (non-hydrogen) atoms. The molecule has 102 valence electrons. The third-order valence-corrected chi connectivity index (χ3v) is 4.33.